The number of ether oxygens (including phenoxy) is 3. The molecule has 6 heteroatoms. The van der Waals surface area contributed by atoms with Crippen molar-refractivity contribution in [2.45, 2.75) is 26.8 Å². The summed E-state index contributed by atoms with van der Waals surface area (Å²) >= 11 is 0. The number of nitrogens with one attached hydrogen (secondary N) is 1. The van der Waals surface area contributed by atoms with Crippen LogP contribution < -0.4 is 19.5 Å². The van der Waals surface area contributed by atoms with Crippen molar-refractivity contribution in [2.24, 2.45) is 7.05 Å². The SMILES string of the molecule is COc1cc2cc(C(=O)NC(C)c3ccc(C)c(C)c3)n(C)c2c(OC)c1OC. The van der Waals surface area contributed by atoms with E-state index in [4.69, 9.17) is 14.2 Å². The van der Waals surface area contributed by atoms with Crippen LogP contribution in [0.1, 0.15) is 40.1 Å². The number of carbonyl (C=O) groups excluding carboxylic acids is 1. The molecule has 0 radical (unpaired) electrons. The summed E-state index contributed by atoms with van der Waals surface area (Å²) in [6, 6.07) is 9.80. The molecule has 0 aliphatic rings. The maximum atomic E-state index is 13.0. The van der Waals surface area contributed by atoms with Gasteiger partial charge in [-0.2, -0.15) is 0 Å². The summed E-state index contributed by atoms with van der Waals surface area (Å²) in [6.07, 6.45) is 0. The van der Waals surface area contributed by atoms with Gasteiger partial charge < -0.3 is 24.1 Å². The zero-order valence-corrected chi connectivity index (χ0v) is 18.0. The van der Waals surface area contributed by atoms with Gasteiger partial charge in [0, 0.05) is 12.4 Å². The lowest BCUT2D eigenvalue weighted by Crippen LogP contribution is -2.28. The monoisotopic (exact) mass is 396 g/mol. The number of carbonyl (C=O) groups is 1. The third-order valence-electron chi connectivity index (χ3n) is 5.43. The van der Waals surface area contributed by atoms with Gasteiger partial charge in [-0.1, -0.05) is 18.2 Å². The lowest BCUT2D eigenvalue weighted by molar-refractivity contribution is 0.0932. The van der Waals surface area contributed by atoms with E-state index in [-0.39, 0.29) is 11.9 Å². The van der Waals surface area contributed by atoms with Crippen LogP contribution in [0, 0.1) is 13.8 Å². The van der Waals surface area contributed by atoms with Crippen LogP contribution in [-0.2, 0) is 7.05 Å². The van der Waals surface area contributed by atoms with E-state index in [2.05, 4.69) is 31.3 Å². The molecule has 1 heterocycles. The molecule has 2 aromatic carbocycles. The zero-order chi connectivity index (χ0) is 21.3. The highest BCUT2D eigenvalue weighted by Gasteiger charge is 2.23. The molecular formula is C23H28N2O4. The average Bonchev–Trinajstić information content (AvgIpc) is 3.04. The van der Waals surface area contributed by atoms with Crippen LogP contribution in [0.15, 0.2) is 30.3 Å². The Morgan fingerprint density at radius 1 is 0.966 bits per heavy atom. The molecule has 29 heavy (non-hydrogen) atoms. The summed E-state index contributed by atoms with van der Waals surface area (Å²) in [6.45, 7) is 6.13. The molecule has 3 rings (SSSR count). The Morgan fingerprint density at radius 2 is 1.66 bits per heavy atom. The molecule has 0 saturated heterocycles. The van der Waals surface area contributed by atoms with E-state index in [9.17, 15) is 4.79 Å². The molecule has 154 valence electrons. The van der Waals surface area contributed by atoms with Crippen molar-refractivity contribution in [1.82, 2.24) is 9.88 Å². The van der Waals surface area contributed by atoms with E-state index < -0.39 is 0 Å². The van der Waals surface area contributed by atoms with Crippen molar-refractivity contribution >= 4 is 16.8 Å². The number of aryl methyl sites for hydroxylation is 3. The van der Waals surface area contributed by atoms with Crippen molar-refractivity contribution in [3.63, 3.8) is 0 Å². The summed E-state index contributed by atoms with van der Waals surface area (Å²) in [5.74, 6) is 1.43. The van der Waals surface area contributed by atoms with E-state index in [1.807, 2.05) is 36.7 Å². The Balaban J connectivity index is 1.99. The molecule has 1 unspecified atom stereocenters. The average molecular weight is 396 g/mol. The first-order valence-corrected chi connectivity index (χ1v) is 9.48. The predicted molar refractivity (Wildman–Crippen MR) is 114 cm³/mol. The molecule has 0 aliphatic heterocycles. The Bertz CT molecular complexity index is 1070. The maximum absolute atomic E-state index is 13.0. The van der Waals surface area contributed by atoms with Gasteiger partial charge in [-0.3, -0.25) is 4.79 Å². The number of fused-ring (bicyclic) bond motifs is 1. The van der Waals surface area contributed by atoms with E-state index in [0.29, 0.717) is 22.9 Å². The van der Waals surface area contributed by atoms with Crippen molar-refractivity contribution < 1.29 is 19.0 Å². The fraction of sp³-hybridized carbons (Fsp3) is 0.348. The van der Waals surface area contributed by atoms with Crippen LogP contribution in [-0.4, -0.2) is 31.8 Å². The van der Waals surface area contributed by atoms with Crippen LogP contribution in [0.4, 0.5) is 0 Å². The van der Waals surface area contributed by atoms with E-state index >= 15 is 0 Å². The minimum atomic E-state index is -0.158. The number of aromatic nitrogens is 1. The van der Waals surface area contributed by atoms with E-state index in [1.165, 1.54) is 11.1 Å². The highest BCUT2D eigenvalue weighted by Crippen LogP contribution is 2.44. The summed E-state index contributed by atoms with van der Waals surface area (Å²) in [7, 11) is 6.55. The molecule has 0 fully saturated rings. The molecule has 0 spiro atoms. The molecule has 1 N–H and O–H groups in total. The summed E-state index contributed by atoms with van der Waals surface area (Å²) in [5, 5.41) is 3.93. The maximum Gasteiger partial charge on any atom is 0.268 e. The van der Waals surface area contributed by atoms with Crippen molar-refractivity contribution in [2.75, 3.05) is 21.3 Å². The zero-order valence-electron chi connectivity index (χ0n) is 18.0. The van der Waals surface area contributed by atoms with Crippen LogP contribution in [0.3, 0.4) is 0 Å². The highest BCUT2D eigenvalue weighted by atomic mass is 16.5. The van der Waals surface area contributed by atoms with Crippen LogP contribution >= 0.6 is 0 Å². The molecule has 1 atom stereocenters. The Hall–Kier alpha value is -3.15. The first kappa shape index (κ1) is 20.6. The van der Waals surface area contributed by atoms with Gasteiger partial charge in [-0.15, -0.1) is 0 Å². The number of nitrogens with zero attached hydrogens (tertiary/aromatic N) is 1. The minimum Gasteiger partial charge on any atom is -0.493 e. The number of benzene rings is 2. The Labute approximate surface area is 171 Å². The molecule has 3 aromatic rings. The third-order valence-corrected chi connectivity index (χ3v) is 5.43. The fourth-order valence-corrected chi connectivity index (χ4v) is 3.59. The van der Waals surface area contributed by atoms with Crippen LogP contribution in [0.5, 0.6) is 17.2 Å². The third kappa shape index (κ3) is 3.62. The molecule has 0 saturated carbocycles. The highest BCUT2D eigenvalue weighted by molar-refractivity contribution is 6.01. The van der Waals surface area contributed by atoms with Gasteiger partial charge in [0.2, 0.25) is 5.75 Å². The molecule has 6 nitrogen and oxygen atoms in total. The second-order valence-electron chi connectivity index (χ2n) is 7.21. The fourth-order valence-electron chi connectivity index (χ4n) is 3.59. The van der Waals surface area contributed by atoms with E-state index in [0.717, 1.165) is 16.5 Å². The summed E-state index contributed by atoms with van der Waals surface area (Å²) < 4.78 is 18.3. The van der Waals surface area contributed by atoms with Crippen LogP contribution in [0.2, 0.25) is 0 Å². The van der Waals surface area contributed by atoms with Gasteiger partial charge in [0.05, 0.1) is 32.9 Å². The number of hydrogen-bond acceptors (Lipinski definition) is 4. The van der Waals surface area contributed by atoms with Crippen LogP contribution in [0.25, 0.3) is 10.9 Å². The second kappa shape index (κ2) is 8.07. The molecule has 0 aliphatic carbocycles. The quantitative estimate of drug-likeness (QED) is 0.674. The first-order chi connectivity index (χ1) is 13.8. The molecule has 1 aromatic heterocycles. The standard InChI is InChI=1S/C23H28N2O4/c1-13-8-9-16(10-14(13)2)15(3)24-23(26)18-11-17-12-19(27-5)21(28-6)22(29-7)20(17)25(18)4/h8-12,15H,1-7H3,(H,24,26). The second-order valence-corrected chi connectivity index (χ2v) is 7.21. The van der Waals surface area contributed by atoms with Gasteiger partial charge in [-0.05, 0) is 49.6 Å². The summed E-state index contributed by atoms with van der Waals surface area (Å²) in [4.78, 5) is 13.0. The lowest BCUT2D eigenvalue weighted by atomic mass is 10.0. The van der Waals surface area contributed by atoms with Gasteiger partial charge in [0.1, 0.15) is 5.69 Å². The molecular weight excluding hydrogens is 368 g/mol. The number of amides is 1. The Morgan fingerprint density at radius 3 is 2.24 bits per heavy atom. The lowest BCUT2D eigenvalue weighted by Gasteiger charge is -2.16. The van der Waals surface area contributed by atoms with Gasteiger partial charge >= 0.3 is 0 Å². The molecule has 1 amide bonds. The number of rotatable bonds is 6. The topological polar surface area (TPSA) is 61.7 Å². The van der Waals surface area contributed by atoms with Gasteiger partial charge in [0.25, 0.3) is 5.91 Å². The van der Waals surface area contributed by atoms with Gasteiger partial charge in [0.15, 0.2) is 11.5 Å². The normalized spacial score (nSPS) is 12.0. The Kier molecular flexibility index (Phi) is 5.73. The van der Waals surface area contributed by atoms with Crippen molar-refractivity contribution in [1.29, 1.82) is 0 Å². The van der Waals surface area contributed by atoms with E-state index in [1.54, 1.807) is 21.3 Å². The number of hydrogen-bond donors (Lipinski definition) is 1. The predicted octanol–water partition coefficient (Wildman–Crippen LogP) is 4.31. The minimum absolute atomic E-state index is 0.120. The largest absolute Gasteiger partial charge is 0.493 e. The van der Waals surface area contributed by atoms with Crippen molar-refractivity contribution in [3.05, 3.63) is 52.7 Å². The smallest absolute Gasteiger partial charge is 0.268 e. The molecule has 0 bridgehead atoms. The van der Waals surface area contributed by atoms with Crippen molar-refractivity contribution in [3.8, 4) is 17.2 Å². The first-order valence-electron chi connectivity index (χ1n) is 9.48. The van der Waals surface area contributed by atoms with Gasteiger partial charge in [-0.25, -0.2) is 0 Å². The number of methoxy groups -OCH3 is 3. The summed E-state index contributed by atoms with van der Waals surface area (Å²) in [5.41, 5.74) is 4.81.